The number of hydrogen-bond acceptors (Lipinski definition) is 6. The molecule has 5 nitrogen and oxygen atoms in total. The van der Waals surface area contributed by atoms with Gasteiger partial charge in [0.15, 0.2) is 5.16 Å². The Balaban J connectivity index is 1.86. The van der Waals surface area contributed by atoms with Gasteiger partial charge in [-0.2, -0.15) is 5.26 Å². The molecular weight excluding hydrogens is 390 g/mol. The van der Waals surface area contributed by atoms with Crippen molar-refractivity contribution >= 4 is 33.3 Å². The first-order chi connectivity index (χ1) is 13.6. The van der Waals surface area contributed by atoms with Gasteiger partial charge < -0.3 is 4.74 Å². The highest BCUT2D eigenvalue weighted by Gasteiger charge is 2.24. The molecule has 2 heterocycles. The van der Waals surface area contributed by atoms with E-state index in [1.165, 1.54) is 22.2 Å². The van der Waals surface area contributed by atoms with Crippen LogP contribution in [0.3, 0.4) is 0 Å². The molecule has 1 aromatic carbocycles. The monoisotopic (exact) mass is 411 g/mol. The molecule has 7 heteroatoms. The quantitative estimate of drug-likeness (QED) is 0.438. The topological polar surface area (TPSA) is 67.9 Å². The molecule has 0 saturated carbocycles. The average molecular weight is 412 g/mol. The van der Waals surface area contributed by atoms with Gasteiger partial charge in [0.25, 0.3) is 5.56 Å². The van der Waals surface area contributed by atoms with Gasteiger partial charge in [-0.1, -0.05) is 11.8 Å². The van der Waals surface area contributed by atoms with Gasteiger partial charge in [0.05, 0.1) is 29.7 Å². The van der Waals surface area contributed by atoms with Crippen LogP contribution in [-0.4, -0.2) is 21.9 Å². The van der Waals surface area contributed by atoms with Gasteiger partial charge in [-0.15, -0.1) is 11.3 Å². The first-order valence-corrected chi connectivity index (χ1v) is 11.3. The number of nitriles is 1. The van der Waals surface area contributed by atoms with Crippen LogP contribution < -0.4 is 10.3 Å². The molecule has 1 aliphatic rings. The second-order valence-electron chi connectivity index (χ2n) is 6.84. The van der Waals surface area contributed by atoms with Crippen LogP contribution in [0.1, 0.15) is 30.7 Å². The Hall–Kier alpha value is -2.30. The smallest absolute Gasteiger partial charge is 0.267 e. The van der Waals surface area contributed by atoms with Crippen LogP contribution in [0.15, 0.2) is 34.2 Å². The molecule has 1 atom stereocenters. The first kappa shape index (κ1) is 19.0. The number of rotatable bonds is 6. The molecule has 3 aromatic rings. The Labute approximate surface area is 172 Å². The van der Waals surface area contributed by atoms with E-state index in [2.05, 4.69) is 6.07 Å². The van der Waals surface area contributed by atoms with E-state index in [9.17, 15) is 4.79 Å². The largest absolute Gasteiger partial charge is 0.494 e. The summed E-state index contributed by atoms with van der Waals surface area (Å²) >= 11 is 3.11. The van der Waals surface area contributed by atoms with Gasteiger partial charge in [0.2, 0.25) is 0 Å². The van der Waals surface area contributed by atoms with Crippen molar-refractivity contribution in [1.29, 1.82) is 5.26 Å². The summed E-state index contributed by atoms with van der Waals surface area (Å²) in [5.74, 6) is 1.26. The number of ether oxygens (including phenoxy) is 1. The normalized spacial score (nSPS) is 14.0. The molecule has 28 heavy (non-hydrogen) atoms. The third kappa shape index (κ3) is 3.43. The van der Waals surface area contributed by atoms with Gasteiger partial charge in [-0.25, -0.2) is 4.98 Å². The fourth-order valence-corrected chi connectivity index (χ4v) is 5.70. The van der Waals surface area contributed by atoms with Crippen molar-refractivity contribution in [3.8, 4) is 17.5 Å². The molecule has 0 saturated heterocycles. The van der Waals surface area contributed by atoms with E-state index in [0.29, 0.717) is 17.5 Å². The molecular formula is C21H21N3O2S2. The molecule has 0 aliphatic heterocycles. The lowest BCUT2D eigenvalue weighted by atomic mass is 10.2. The summed E-state index contributed by atoms with van der Waals surface area (Å²) in [4.78, 5) is 20.5. The standard InChI is InChI=1S/C21H21N3O2S2/c1-3-26-15-9-7-14(8-10-15)24-20(25)18-16-5-4-6-17(16)28-19(18)23-21(24)27-12-13(2)11-22/h7-10,13H,3-6,12H2,1-2H3/t13-/m0/s1. The second kappa shape index (κ2) is 7.98. The molecule has 0 bridgehead atoms. The van der Waals surface area contributed by atoms with E-state index in [-0.39, 0.29) is 11.5 Å². The van der Waals surface area contributed by atoms with E-state index in [1.54, 1.807) is 15.9 Å². The minimum Gasteiger partial charge on any atom is -0.494 e. The van der Waals surface area contributed by atoms with Crippen LogP contribution >= 0.6 is 23.1 Å². The number of nitrogens with zero attached hydrogens (tertiary/aromatic N) is 3. The molecule has 0 unspecified atom stereocenters. The van der Waals surface area contributed by atoms with E-state index in [4.69, 9.17) is 15.0 Å². The Bertz CT molecular complexity index is 1110. The average Bonchev–Trinajstić information content (AvgIpc) is 3.28. The summed E-state index contributed by atoms with van der Waals surface area (Å²) in [5.41, 5.74) is 1.94. The number of hydrogen-bond donors (Lipinski definition) is 0. The van der Waals surface area contributed by atoms with E-state index in [0.717, 1.165) is 40.9 Å². The maximum absolute atomic E-state index is 13.5. The third-order valence-corrected chi connectivity index (χ3v) is 7.18. The Morgan fingerprint density at radius 2 is 2.14 bits per heavy atom. The molecule has 2 aromatic heterocycles. The molecule has 1 aliphatic carbocycles. The minimum atomic E-state index is -0.111. The summed E-state index contributed by atoms with van der Waals surface area (Å²) in [5, 5.41) is 10.5. The predicted molar refractivity (Wildman–Crippen MR) is 114 cm³/mol. The molecule has 0 fully saturated rings. The summed E-state index contributed by atoms with van der Waals surface area (Å²) in [6.45, 7) is 4.42. The maximum Gasteiger partial charge on any atom is 0.267 e. The number of fused-ring (bicyclic) bond motifs is 3. The summed E-state index contributed by atoms with van der Waals surface area (Å²) in [6.07, 6.45) is 3.09. The fourth-order valence-electron chi connectivity index (χ4n) is 3.44. The third-order valence-electron chi connectivity index (χ3n) is 4.80. The highest BCUT2D eigenvalue weighted by Crippen LogP contribution is 2.36. The molecule has 4 rings (SSSR count). The lowest BCUT2D eigenvalue weighted by Crippen LogP contribution is -2.22. The number of benzene rings is 1. The van der Waals surface area contributed by atoms with Crippen molar-refractivity contribution in [2.24, 2.45) is 5.92 Å². The summed E-state index contributed by atoms with van der Waals surface area (Å²) in [7, 11) is 0. The van der Waals surface area contributed by atoms with Crippen LogP contribution in [-0.2, 0) is 12.8 Å². The zero-order chi connectivity index (χ0) is 19.7. The van der Waals surface area contributed by atoms with Crippen molar-refractivity contribution in [2.45, 2.75) is 38.3 Å². The van der Waals surface area contributed by atoms with Crippen LogP contribution in [0, 0.1) is 17.2 Å². The van der Waals surface area contributed by atoms with Crippen LogP contribution in [0.5, 0.6) is 5.75 Å². The van der Waals surface area contributed by atoms with Crippen molar-refractivity contribution in [1.82, 2.24) is 9.55 Å². The first-order valence-electron chi connectivity index (χ1n) is 9.45. The van der Waals surface area contributed by atoms with Gasteiger partial charge in [-0.05, 0) is 62.9 Å². The highest BCUT2D eigenvalue weighted by molar-refractivity contribution is 7.99. The van der Waals surface area contributed by atoms with Crippen molar-refractivity contribution in [3.63, 3.8) is 0 Å². The van der Waals surface area contributed by atoms with Gasteiger partial charge in [0, 0.05) is 10.6 Å². The van der Waals surface area contributed by atoms with Crippen LogP contribution in [0.25, 0.3) is 15.9 Å². The Kier molecular flexibility index (Phi) is 5.42. The Morgan fingerprint density at radius 3 is 2.86 bits per heavy atom. The number of aromatic nitrogens is 2. The molecule has 144 valence electrons. The van der Waals surface area contributed by atoms with Gasteiger partial charge in [0.1, 0.15) is 10.6 Å². The number of aryl methyl sites for hydroxylation is 2. The highest BCUT2D eigenvalue weighted by atomic mass is 32.2. The van der Waals surface area contributed by atoms with Crippen LogP contribution in [0.4, 0.5) is 0 Å². The Morgan fingerprint density at radius 1 is 1.36 bits per heavy atom. The van der Waals surface area contributed by atoms with Gasteiger partial charge >= 0.3 is 0 Å². The zero-order valence-corrected chi connectivity index (χ0v) is 17.5. The maximum atomic E-state index is 13.5. The molecule has 0 amide bonds. The van der Waals surface area contributed by atoms with Crippen molar-refractivity contribution in [3.05, 3.63) is 45.1 Å². The second-order valence-corrected chi connectivity index (χ2v) is 8.91. The predicted octanol–water partition coefficient (Wildman–Crippen LogP) is 4.59. The lowest BCUT2D eigenvalue weighted by molar-refractivity contribution is 0.340. The van der Waals surface area contributed by atoms with Gasteiger partial charge in [-0.3, -0.25) is 9.36 Å². The zero-order valence-electron chi connectivity index (χ0n) is 15.9. The van der Waals surface area contributed by atoms with Crippen LogP contribution in [0.2, 0.25) is 0 Å². The molecule has 0 radical (unpaired) electrons. The SMILES string of the molecule is CCOc1ccc(-n2c(SC[C@@H](C)C#N)nc3sc4c(c3c2=O)CCC4)cc1. The van der Waals surface area contributed by atoms with E-state index >= 15 is 0 Å². The summed E-state index contributed by atoms with van der Waals surface area (Å²) in [6, 6.07) is 9.79. The van der Waals surface area contributed by atoms with Crippen molar-refractivity contribution in [2.75, 3.05) is 12.4 Å². The van der Waals surface area contributed by atoms with Crippen molar-refractivity contribution < 1.29 is 4.74 Å². The fraction of sp³-hybridized carbons (Fsp3) is 0.381. The summed E-state index contributed by atoms with van der Waals surface area (Å²) < 4.78 is 7.22. The van der Waals surface area contributed by atoms with E-state index < -0.39 is 0 Å². The molecule has 0 N–H and O–H groups in total. The number of thioether (sulfide) groups is 1. The number of thiophene rings is 1. The van der Waals surface area contributed by atoms with E-state index in [1.807, 2.05) is 38.1 Å². The minimum absolute atomic E-state index is 0.0133. The lowest BCUT2D eigenvalue weighted by Gasteiger charge is -2.13. The molecule has 0 spiro atoms.